The average Bonchev–Trinajstić information content (AvgIpc) is 3.32. The highest BCUT2D eigenvalue weighted by atomic mass is 32.2. The number of hydrogen-bond acceptors (Lipinski definition) is 5. The Kier molecular flexibility index (Phi) is 5.76. The summed E-state index contributed by atoms with van der Waals surface area (Å²) in [7, 11) is 1.56. The summed E-state index contributed by atoms with van der Waals surface area (Å²) in [6.07, 6.45) is 0. The van der Waals surface area contributed by atoms with E-state index in [9.17, 15) is 14.4 Å². The van der Waals surface area contributed by atoms with E-state index in [0.717, 1.165) is 11.1 Å². The molecule has 0 unspecified atom stereocenters. The molecule has 3 aromatic carbocycles. The van der Waals surface area contributed by atoms with Crippen molar-refractivity contribution in [2.45, 2.75) is 18.7 Å². The van der Waals surface area contributed by atoms with E-state index in [0.29, 0.717) is 28.4 Å². The highest BCUT2D eigenvalue weighted by Gasteiger charge is 2.61. The van der Waals surface area contributed by atoms with Crippen molar-refractivity contribution >= 4 is 46.5 Å². The summed E-state index contributed by atoms with van der Waals surface area (Å²) in [5.74, 6) is -0.0498. The van der Waals surface area contributed by atoms with Gasteiger partial charge in [-0.3, -0.25) is 24.2 Å². The van der Waals surface area contributed by atoms with Crippen molar-refractivity contribution in [1.82, 2.24) is 0 Å². The van der Waals surface area contributed by atoms with E-state index >= 15 is 0 Å². The van der Waals surface area contributed by atoms with Gasteiger partial charge in [0.25, 0.3) is 5.91 Å². The molecule has 3 amide bonds. The molecule has 1 fully saturated rings. The zero-order valence-electron chi connectivity index (χ0n) is 19.7. The van der Waals surface area contributed by atoms with Gasteiger partial charge in [0.2, 0.25) is 16.7 Å². The minimum Gasteiger partial charge on any atom is -0.497 e. The summed E-state index contributed by atoms with van der Waals surface area (Å²) in [5.41, 5.74) is 4.66. The number of fused-ring (bicyclic) bond motifs is 2. The average molecular weight is 488 g/mol. The van der Waals surface area contributed by atoms with Crippen molar-refractivity contribution in [3.63, 3.8) is 0 Å². The lowest BCUT2D eigenvalue weighted by Gasteiger charge is -2.33. The lowest BCUT2D eigenvalue weighted by molar-refractivity contribution is -0.124. The number of para-hydroxylation sites is 1. The Morgan fingerprint density at radius 1 is 1.06 bits per heavy atom. The number of nitrogens with zero attached hydrogens (tertiary/aromatic N) is 2. The van der Waals surface area contributed by atoms with Crippen LogP contribution in [0.15, 0.2) is 66.7 Å². The molecule has 1 saturated heterocycles. The predicted octanol–water partition coefficient (Wildman–Crippen LogP) is 4.23. The lowest BCUT2D eigenvalue weighted by Crippen LogP contribution is -2.50. The molecule has 3 aromatic rings. The SMILES string of the molecule is COc1cccc(N2C(=O)CS[C@]23C(=O)N(CC(=O)Nc2ccc(C)cc2C)c2ccccc23)c1. The fourth-order valence-corrected chi connectivity index (χ4v) is 6.11. The summed E-state index contributed by atoms with van der Waals surface area (Å²) in [5, 5.41) is 2.92. The number of methoxy groups -OCH3 is 1. The number of carbonyl (C=O) groups is 3. The Labute approximate surface area is 208 Å². The van der Waals surface area contributed by atoms with Gasteiger partial charge in [-0.15, -0.1) is 11.8 Å². The number of carbonyl (C=O) groups excluding carboxylic acids is 3. The summed E-state index contributed by atoms with van der Waals surface area (Å²) in [6, 6.07) is 20.3. The van der Waals surface area contributed by atoms with Crippen LogP contribution in [0.3, 0.4) is 0 Å². The molecule has 178 valence electrons. The van der Waals surface area contributed by atoms with E-state index in [1.807, 2.05) is 56.3 Å². The van der Waals surface area contributed by atoms with E-state index in [4.69, 9.17) is 4.74 Å². The Hall–Kier alpha value is -3.78. The van der Waals surface area contributed by atoms with Crippen LogP contribution in [-0.2, 0) is 19.3 Å². The molecular weight excluding hydrogens is 462 g/mol. The molecule has 1 atom stereocenters. The van der Waals surface area contributed by atoms with E-state index in [2.05, 4.69) is 5.32 Å². The fraction of sp³-hybridized carbons (Fsp3) is 0.222. The standard InChI is InChI=1S/C27H25N3O4S/c1-17-11-12-22(18(2)13-17)28-24(31)15-29-23-10-5-4-9-21(23)27(26(29)33)30(25(32)16-35-27)19-7-6-8-20(14-19)34-3/h4-14H,15-16H2,1-3H3,(H,28,31)/t27-/m1/s1. The van der Waals surface area contributed by atoms with Gasteiger partial charge in [0.05, 0.1) is 18.6 Å². The van der Waals surface area contributed by atoms with Crippen molar-refractivity contribution in [3.8, 4) is 5.75 Å². The van der Waals surface area contributed by atoms with Crippen molar-refractivity contribution in [2.75, 3.05) is 34.5 Å². The number of hydrogen-bond donors (Lipinski definition) is 1. The number of anilines is 3. The van der Waals surface area contributed by atoms with Gasteiger partial charge in [-0.1, -0.05) is 42.0 Å². The Bertz CT molecular complexity index is 1360. The van der Waals surface area contributed by atoms with Gasteiger partial charge in [0.15, 0.2) is 0 Å². The Morgan fingerprint density at radius 2 is 1.86 bits per heavy atom. The lowest BCUT2D eigenvalue weighted by atomic mass is 10.0. The van der Waals surface area contributed by atoms with Crippen molar-refractivity contribution in [2.24, 2.45) is 0 Å². The minimum absolute atomic E-state index is 0.153. The van der Waals surface area contributed by atoms with Gasteiger partial charge in [-0.05, 0) is 43.7 Å². The van der Waals surface area contributed by atoms with Gasteiger partial charge >= 0.3 is 0 Å². The van der Waals surface area contributed by atoms with E-state index < -0.39 is 4.87 Å². The molecule has 7 nitrogen and oxygen atoms in total. The molecule has 5 rings (SSSR count). The monoisotopic (exact) mass is 487 g/mol. The molecule has 2 heterocycles. The molecule has 1 N–H and O–H groups in total. The van der Waals surface area contributed by atoms with Crippen LogP contribution >= 0.6 is 11.8 Å². The summed E-state index contributed by atoms with van der Waals surface area (Å²) in [6.45, 7) is 3.76. The molecular formula is C27H25N3O4S. The molecule has 1 spiro atoms. The number of nitrogens with one attached hydrogen (secondary N) is 1. The second-order valence-electron chi connectivity index (χ2n) is 8.64. The van der Waals surface area contributed by atoms with Crippen LogP contribution in [0.4, 0.5) is 17.1 Å². The number of thioether (sulfide) groups is 1. The number of rotatable bonds is 5. The molecule has 35 heavy (non-hydrogen) atoms. The molecule has 0 saturated carbocycles. The zero-order chi connectivity index (χ0) is 24.7. The Morgan fingerprint density at radius 3 is 2.63 bits per heavy atom. The highest BCUT2D eigenvalue weighted by molar-refractivity contribution is 8.02. The second-order valence-corrected chi connectivity index (χ2v) is 9.81. The largest absolute Gasteiger partial charge is 0.497 e. The zero-order valence-corrected chi connectivity index (χ0v) is 20.5. The fourth-order valence-electron chi connectivity index (χ4n) is 4.75. The first kappa shape index (κ1) is 23.0. The third-order valence-electron chi connectivity index (χ3n) is 6.33. The van der Waals surface area contributed by atoms with Crippen LogP contribution in [0, 0.1) is 13.8 Å². The smallest absolute Gasteiger partial charge is 0.269 e. The maximum Gasteiger partial charge on any atom is 0.269 e. The van der Waals surface area contributed by atoms with Gasteiger partial charge in [0.1, 0.15) is 12.3 Å². The van der Waals surface area contributed by atoms with Crippen molar-refractivity contribution in [3.05, 3.63) is 83.4 Å². The number of aryl methyl sites for hydroxylation is 2. The molecule has 0 radical (unpaired) electrons. The number of benzene rings is 3. The van der Waals surface area contributed by atoms with Crippen molar-refractivity contribution in [1.29, 1.82) is 0 Å². The molecule has 0 aliphatic carbocycles. The molecule has 8 heteroatoms. The van der Waals surface area contributed by atoms with Gasteiger partial charge in [-0.25, -0.2) is 0 Å². The number of ether oxygens (including phenoxy) is 1. The quantitative estimate of drug-likeness (QED) is 0.583. The summed E-state index contributed by atoms with van der Waals surface area (Å²) in [4.78, 5) is 42.0. The molecule has 0 bridgehead atoms. The number of amides is 3. The normalized spacial score (nSPS) is 18.8. The topological polar surface area (TPSA) is 79.0 Å². The van der Waals surface area contributed by atoms with Crippen LogP contribution in [0.5, 0.6) is 5.75 Å². The van der Waals surface area contributed by atoms with Crippen LogP contribution in [0.25, 0.3) is 0 Å². The first-order chi connectivity index (χ1) is 16.8. The van der Waals surface area contributed by atoms with Crippen LogP contribution in [0.1, 0.15) is 16.7 Å². The first-order valence-electron chi connectivity index (χ1n) is 11.2. The van der Waals surface area contributed by atoms with E-state index in [1.54, 1.807) is 36.3 Å². The van der Waals surface area contributed by atoms with Gasteiger partial charge in [-0.2, -0.15) is 0 Å². The highest BCUT2D eigenvalue weighted by Crippen LogP contribution is 2.55. The van der Waals surface area contributed by atoms with E-state index in [1.165, 1.54) is 16.7 Å². The molecule has 0 aromatic heterocycles. The summed E-state index contributed by atoms with van der Waals surface area (Å²) >= 11 is 1.28. The Balaban J connectivity index is 1.51. The maximum atomic E-state index is 14.1. The molecule has 2 aliphatic heterocycles. The first-order valence-corrected chi connectivity index (χ1v) is 12.2. The van der Waals surface area contributed by atoms with Crippen LogP contribution in [-0.4, -0.2) is 37.1 Å². The summed E-state index contributed by atoms with van der Waals surface area (Å²) < 4.78 is 5.35. The van der Waals surface area contributed by atoms with Crippen LogP contribution in [0.2, 0.25) is 0 Å². The minimum atomic E-state index is -1.28. The third kappa shape index (κ3) is 3.74. The molecule has 2 aliphatic rings. The predicted molar refractivity (Wildman–Crippen MR) is 138 cm³/mol. The van der Waals surface area contributed by atoms with Gasteiger partial charge in [0, 0.05) is 23.0 Å². The van der Waals surface area contributed by atoms with Gasteiger partial charge < -0.3 is 10.1 Å². The van der Waals surface area contributed by atoms with Crippen LogP contribution < -0.4 is 19.9 Å². The third-order valence-corrected chi connectivity index (χ3v) is 7.72. The van der Waals surface area contributed by atoms with Crippen molar-refractivity contribution < 1.29 is 19.1 Å². The van der Waals surface area contributed by atoms with E-state index in [-0.39, 0.29) is 30.0 Å². The maximum absolute atomic E-state index is 14.1. The second kappa shape index (κ2) is 8.78.